The van der Waals surface area contributed by atoms with E-state index in [1.54, 1.807) is 0 Å². The molecule has 9 aromatic carbocycles. The molecule has 2 heterocycles. The summed E-state index contributed by atoms with van der Waals surface area (Å²) in [6, 6.07) is 78.0. The van der Waals surface area contributed by atoms with Crippen molar-refractivity contribution in [2.75, 3.05) is 4.90 Å². The van der Waals surface area contributed by atoms with Gasteiger partial charge in [0.25, 0.3) is 0 Å². The fourth-order valence-corrected chi connectivity index (χ4v) is 9.46. The number of hydrogen-bond acceptors (Lipinski definition) is 3. The molecule has 0 saturated carbocycles. The summed E-state index contributed by atoms with van der Waals surface area (Å²) in [5.74, 6) is 2.32. The number of hydrogen-bond donors (Lipinski definition) is 0. The molecular weight excluding hydrogens is 767 g/mol. The normalized spacial score (nSPS) is 14.1. The largest absolute Gasteiger partial charge is 0.460 e. The summed E-state index contributed by atoms with van der Waals surface area (Å²) in [5.41, 5.74) is 18.0. The van der Waals surface area contributed by atoms with Gasteiger partial charge >= 0.3 is 0 Å². The van der Waals surface area contributed by atoms with Crippen molar-refractivity contribution in [2.24, 2.45) is 0 Å². The lowest BCUT2D eigenvalue weighted by molar-refractivity contribution is 0.429. The average Bonchev–Trinajstić information content (AvgIpc) is 3.94. The Labute approximate surface area is 367 Å². The van der Waals surface area contributed by atoms with Crippen LogP contribution < -0.4 is 9.64 Å². The zero-order valence-electron chi connectivity index (χ0n) is 34.5. The molecule has 0 saturated heterocycles. The molecule has 1 atom stereocenters. The maximum atomic E-state index is 6.42. The van der Waals surface area contributed by atoms with Gasteiger partial charge in [-0.25, -0.2) is 0 Å². The van der Waals surface area contributed by atoms with Crippen LogP contribution in [0.5, 0.6) is 5.75 Å². The van der Waals surface area contributed by atoms with Crippen LogP contribution in [0.2, 0.25) is 0 Å². The van der Waals surface area contributed by atoms with Crippen molar-refractivity contribution in [3.8, 4) is 50.3 Å². The Balaban J connectivity index is 0.837. The standard InChI is InChI=1S/C60H41NO2/c1-2-10-40(11-3-1)43-28-34-48(35-29-43)61(49-36-30-44(31-37-49)41-20-24-46(25-21-41)51-14-8-16-55-53-12-4-6-18-57(53)62-59(51)55)50-38-32-45(33-39-50)42-22-26-47(27-23-42)52-15-9-17-56-54-13-5-7-19-58(54)63-60(52)56/h1-16,18-39,56H,17H2. The van der Waals surface area contributed by atoms with Gasteiger partial charge < -0.3 is 14.1 Å². The number of allylic oxidation sites excluding steroid dienone is 4. The van der Waals surface area contributed by atoms with Crippen LogP contribution in [0.4, 0.5) is 17.1 Å². The number of anilines is 3. The van der Waals surface area contributed by atoms with Crippen molar-refractivity contribution in [1.82, 2.24) is 0 Å². The number of ether oxygens (including phenoxy) is 1. The van der Waals surface area contributed by atoms with E-state index in [-0.39, 0.29) is 5.92 Å². The maximum absolute atomic E-state index is 6.42. The number of nitrogens with zero attached hydrogens (tertiary/aromatic N) is 1. The Hall–Kier alpha value is -8.14. The highest BCUT2D eigenvalue weighted by atomic mass is 16.5. The third-order valence-corrected chi connectivity index (χ3v) is 12.7. The lowest BCUT2D eigenvalue weighted by Crippen LogP contribution is -2.09. The van der Waals surface area contributed by atoms with E-state index in [1.165, 1.54) is 33.4 Å². The minimum atomic E-state index is 0.282. The Kier molecular flexibility index (Phi) is 8.97. The van der Waals surface area contributed by atoms with Crippen LogP contribution >= 0.6 is 0 Å². The molecule has 0 N–H and O–H groups in total. The van der Waals surface area contributed by atoms with Crippen LogP contribution in [0, 0.1) is 0 Å². The van der Waals surface area contributed by atoms with Gasteiger partial charge in [-0.05, 0) is 99.5 Å². The van der Waals surface area contributed by atoms with E-state index in [0.717, 1.165) is 84.8 Å². The highest BCUT2D eigenvalue weighted by molar-refractivity contribution is 6.09. The Morgan fingerprint density at radius 3 is 1.52 bits per heavy atom. The van der Waals surface area contributed by atoms with E-state index in [4.69, 9.17) is 9.15 Å². The van der Waals surface area contributed by atoms with Crippen LogP contribution in [0.3, 0.4) is 0 Å². The van der Waals surface area contributed by atoms with Crippen molar-refractivity contribution >= 4 is 44.6 Å². The molecule has 0 spiro atoms. The second kappa shape index (κ2) is 15.4. The van der Waals surface area contributed by atoms with Crippen molar-refractivity contribution in [1.29, 1.82) is 0 Å². The van der Waals surface area contributed by atoms with E-state index in [1.807, 2.05) is 18.2 Å². The Bertz CT molecular complexity index is 3340. The molecule has 10 aromatic rings. The van der Waals surface area contributed by atoms with Gasteiger partial charge in [0.05, 0.1) is 0 Å². The highest BCUT2D eigenvalue weighted by Gasteiger charge is 2.32. The number of benzene rings is 9. The highest BCUT2D eigenvalue weighted by Crippen LogP contribution is 2.48. The van der Waals surface area contributed by atoms with Gasteiger partial charge in [0, 0.05) is 50.5 Å². The SMILES string of the molecule is C1=CC(c2ccc(-c3ccc(N(c4ccc(-c5ccccc5)cc4)c4ccc(-c5ccc(-c6cccc7c6oc6ccccc67)cc5)cc4)cc3)cc2)=C2Oc3ccccc3C2C1. The van der Waals surface area contributed by atoms with Gasteiger partial charge in [-0.2, -0.15) is 0 Å². The Morgan fingerprint density at radius 2 is 0.889 bits per heavy atom. The maximum Gasteiger partial charge on any atom is 0.143 e. The quantitative estimate of drug-likeness (QED) is 0.153. The van der Waals surface area contributed by atoms with Crippen molar-refractivity contribution < 1.29 is 9.15 Å². The summed E-state index contributed by atoms with van der Waals surface area (Å²) in [4.78, 5) is 2.34. The van der Waals surface area contributed by atoms with E-state index in [2.05, 4.69) is 217 Å². The second-order valence-corrected chi connectivity index (χ2v) is 16.4. The molecule has 3 heteroatoms. The van der Waals surface area contributed by atoms with E-state index < -0.39 is 0 Å². The predicted molar refractivity (Wildman–Crippen MR) is 261 cm³/mol. The molecular formula is C60H41NO2. The number of furan rings is 1. The zero-order chi connectivity index (χ0) is 41.7. The summed E-state index contributed by atoms with van der Waals surface area (Å²) in [5, 5.41) is 2.28. The van der Waals surface area contributed by atoms with Gasteiger partial charge in [0.1, 0.15) is 22.7 Å². The summed E-state index contributed by atoms with van der Waals surface area (Å²) in [6.45, 7) is 0. The molecule has 1 aliphatic carbocycles. The minimum Gasteiger partial charge on any atom is -0.460 e. The van der Waals surface area contributed by atoms with Gasteiger partial charge in [-0.15, -0.1) is 0 Å². The molecule has 0 amide bonds. The van der Waals surface area contributed by atoms with Gasteiger partial charge in [-0.1, -0.05) is 182 Å². The molecule has 0 fully saturated rings. The number of fused-ring (bicyclic) bond motifs is 6. The van der Waals surface area contributed by atoms with Crippen LogP contribution in [0.25, 0.3) is 72.0 Å². The number of rotatable bonds is 8. The third-order valence-electron chi connectivity index (χ3n) is 12.7. The van der Waals surface area contributed by atoms with Crippen molar-refractivity contribution in [2.45, 2.75) is 12.3 Å². The fourth-order valence-electron chi connectivity index (χ4n) is 9.46. The average molecular weight is 808 g/mol. The van der Waals surface area contributed by atoms with Crippen molar-refractivity contribution in [3.63, 3.8) is 0 Å². The first-order chi connectivity index (χ1) is 31.2. The zero-order valence-corrected chi connectivity index (χ0v) is 34.5. The third kappa shape index (κ3) is 6.63. The van der Waals surface area contributed by atoms with Crippen LogP contribution in [0.1, 0.15) is 23.5 Å². The summed E-state index contributed by atoms with van der Waals surface area (Å²) in [7, 11) is 0. The molecule has 0 radical (unpaired) electrons. The lowest BCUT2D eigenvalue weighted by atomic mass is 9.86. The first kappa shape index (κ1) is 36.7. The monoisotopic (exact) mass is 807 g/mol. The van der Waals surface area contributed by atoms with Crippen LogP contribution in [-0.2, 0) is 0 Å². The molecule has 1 aromatic heterocycles. The molecule has 0 bridgehead atoms. The molecule has 1 aliphatic heterocycles. The molecule has 12 rings (SSSR count). The summed E-state index contributed by atoms with van der Waals surface area (Å²) < 4.78 is 12.8. The molecule has 2 aliphatic rings. The van der Waals surface area contributed by atoms with Gasteiger partial charge in [-0.3, -0.25) is 0 Å². The summed E-state index contributed by atoms with van der Waals surface area (Å²) >= 11 is 0. The minimum absolute atomic E-state index is 0.282. The van der Waals surface area contributed by atoms with Crippen LogP contribution in [0.15, 0.2) is 241 Å². The van der Waals surface area contributed by atoms with Gasteiger partial charge in [0.2, 0.25) is 0 Å². The Morgan fingerprint density at radius 1 is 0.397 bits per heavy atom. The van der Waals surface area contributed by atoms with Crippen LogP contribution in [-0.4, -0.2) is 0 Å². The molecule has 63 heavy (non-hydrogen) atoms. The number of para-hydroxylation sites is 3. The lowest BCUT2D eigenvalue weighted by Gasteiger charge is -2.26. The molecule has 1 unspecified atom stereocenters. The molecule has 3 nitrogen and oxygen atoms in total. The first-order valence-corrected chi connectivity index (χ1v) is 21.7. The second-order valence-electron chi connectivity index (χ2n) is 16.4. The summed E-state index contributed by atoms with van der Waals surface area (Å²) in [6.07, 6.45) is 5.46. The van der Waals surface area contributed by atoms with Gasteiger partial charge in [0.15, 0.2) is 0 Å². The fraction of sp³-hybridized carbons (Fsp3) is 0.0333. The van der Waals surface area contributed by atoms with E-state index in [9.17, 15) is 0 Å². The van der Waals surface area contributed by atoms with Crippen molar-refractivity contribution in [3.05, 3.63) is 247 Å². The predicted octanol–water partition coefficient (Wildman–Crippen LogP) is 16.6. The topological polar surface area (TPSA) is 25.6 Å². The smallest absolute Gasteiger partial charge is 0.143 e. The first-order valence-electron chi connectivity index (χ1n) is 21.7. The van der Waals surface area contributed by atoms with E-state index in [0.29, 0.717) is 0 Å². The van der Waals surface area contributed by atoms with E-state index >= 15 is 0 Å². The molecule has 298 valence electrons.